The van der Waals surface area contributed by atoms with E-state index in [0.29, 0.717) is 19.0 Å². The maximum Gasteiger partial charge on any atom is 0.422 e. The fraction of sp³-hybridized carbons (Fsp3) is 0.412. The Morgan fingerprint density at radius 1 is 1.18 bits per heavy atom. The van der Waals surface area contributed by atoms with Gasteiger partial charge in [-0.25, -0.2) is 0 Å². The molecule has 1 aromatic carbocycles. The second kappa shape index (κ2) is 11.0. The fourth-order valence-corrected chi connectivity index (χ4v) is 2.26. The summed E-state index contributed by atoms with van der Waals surface area (Å²) in [5.41, 5.74) is 1.79. The number of benzene rings is 1. The molecule has 0 saturated heterocycles. The number of nitrogens with zero attached hydrogens (tertiary/aromatic N) is 3. The molecule has 28 heavy (non-hydrogen) atoms. The Morgan fingerprint density at radius 3 is 2.46 bits per heavy atom. The summed E-state index contributed by atoms with van der Waals surface area (Å²) in [6, 6.07) is 6.63. The molecule has 0 spiro atoms. The van der Waals surface area contributed by atoms with Crippen molar-refractivity contribution in [2.24, 2.45) is 12.0 Å². The molecule has 0 saturated carbocycles. The molecule has 2 rings (SSSR count). The van der Waals surface area contributed by atoms with Gasteiger partial charge in [-0.05, 0) is 23.8 Å². The minimum absolute atomic E-state index is 0. The third kappa shape index (κ3) is 7.44. The van der Waals surface area contributed by atoms with Crippen LogP contribution >= 0.6 is 24.0 Å². The van der Waals surface area contributed by atoms with Gasteiger partial charge in [-0.1, -0.05) is 6.07 Å². The average molecular weight is 513 g/mol. The number of guanidine groups is 1. The fourth-order valence-electron chi connectivity index (χ4n) is 2.26. The maximum absolute atomic E-state index is 12.3. The molecule has 1 heterocycles. The van der Waals surface area contributed by atoms with Crippen molar-refractivity contribution in [1.29, 1.82) is 0 Å². The van der Waals surface area contributed by atoms with Crippen molar-refractivity contribution in [2.45, 2.75) is 19.3 Å². The molecule has 0 unspecified atom stereocenters. The van der Waals surface area contributed by atoms with Gasteiger partial charge in [0.2, 0.25) is 0 Å². The van der Waals surface area contributed by atoms with E-state index in [1.807, 2.05) is 13.1 Å². The number of hydrogen-bond acceptors (Lipinski definition) is 4. The highest BCUT2D eigenvalue weighted by molar-refractivity contribution is 14.0. The molecule has 0 radical (unpaired) electrons. The van der Waals surface area contributed by atoms with E-state index in [4.69, 9.17) is 9.47 Å². The Kier molecular flexibility index (Phi) is 9.35. The minimum atomic E-state index is -4.41. The first-order valence-electron chi connectivity index (χ1n) is 8.10. The number of methoxy groups -OCH3 is 1. The molecule has 2 aromatic rings. The third-order valence-electron chi connectivity index (χ3n) is 3.66. The number of nitrogens with one attached hydrogen (secondary N) is 2. The van der Waals surface area contributed by atoms with E-state index in [1.165, 1.54) is 13.2 Å². The Balaban J connectivity index is 0.00000392. The summed E-state index contributed by atoms with van der Waals surface area (Å²) in [5, 5.41) is 10.4. The second-order valence-electron chi connectivity index (χ2n) is 5.61. The van der Waals surface area contributed by atoms with Gasteiger partial charge >= 0.3 is 6.18 Å². The maximum atomic E-state index is 12.3. The number of hydrogen-bond donors (Lipinski definition) is 2. The van der Waals surface area contributed by atoms with Crippen LogP contribution < -0.4 is 20.1 Å². The zero-order valence-electron chi connectivity index (χ0n) is 15.7. The molecule has 7 nitrogen and oxygen atoms in total. The number of halogens is 4. The zero-order valence-corrected chi connectivity index (χ0v) is 18.0. The molecule has 0 bridgehead atoms. The molecule has 0 aliphatic rings. The quantitative estimate of drug-likeness (QED) is 0.339. The van der Waals surface area contributed by atoms with Crippen LogP contribution in [0.15, 0.2) is 35.5 Å². The van der Waals surface area contributed by atoms with Crippen LogP contribution in [0, 0.1) is 0 Å². The van der Waals surface area contributed by atoms with Gasteiger partial charge in [0, 0.05) is 26.8 Å². The topological polar surface area (TPSA) is 72.7 Å². The van der Waals surface area contributed by atoms with Crippen molar-refractivity contribution >= 4 is 29.9 Å². The van der Waals surface area contributed by atoms with Crippen molar-refractivity contribution in [1.82, 2.24) is 20.4 Å². The summed E-state index contributed by atoms with van der Waals surface area (Å²) < 4.78 is 48.6. The average Bonchev–Trinajstić information content (AvgIpc) is 3.04. The Bertz CT molecular complexity index is 780. The summed E-state index contributed by atoms with van der Waals surface area (Å²) in [4.78, 5) is 4.13. The van der Waals surface area contributed by atoms with Crippen LogP contribution in [0.1, 0.15) is 11.3 Å². The summed E-state index contributed by atoms with van der Waals surface area (Å²) >= 11 is 0. The predicted octanol–water partition coefficient (Wildman–Crippen LogP) is 2.85. The largest absolute Gasteiger partial charge is 0.493 e. The first-order valence-corrected chi connectivity index (χ1v) is 8.10. The van der Waals surface area contributed by atoms with Crippen LogP contribution in [0.4, 0.5) is 13.2 Å². The standard InChI is InChI=1S/C17H22F3N5O2.HI/c1-21-16(23-10-13-6-7-24-25(13)2)22-9-12-4-5-14(15(8-12)26-3)27-11-17(18,19)20;/h4-8H,9-11H2,1-3H3,(H2,21,22,23);1H. The molecule has 0 atom stereocenters. The van der Waals surface area contributed by atoms with Crippen LogP contribution in [-0.2, 0) is 20.1 Å². The summed E-state index contributed by atoms with van der Waals surface area (Å²) in [5.74, 6) is 0.848. The van der Waals surface area contributed by atoms with Crippen molar-refractivity contribution in [3.63, 3.8) is 0 Å². The van der Waals surface area contributed by atoms with E-state index >= 15 is 0 Å². The van der Waals surface area contributed by atoms with Gasteiger partial charge in [0.1, 0.15) is 0 Å². The summed E-state index contributed by atoms with van der Waals surface area (Å²) in [6.45, 7) is -0.420. The van der Waals surface area contributed by atoms with Crippen LogP contribution in [0.2, 0.25) is 0 Å². The second-order valence-corrected chi connectivity index (χ2v) is 5.61. The van der Waals surface area contributed by atoms with Crippen molar-refractivity contribution < 1.29 is 22.6 Å². The van der Waals surface area contributed by atoms with Crippen LogP contribution in [0.25, 0.3) is 0 Å². The smallest absolute Gasteiger partial charge is 0.422 e. The van der Waals surface area contributed by atoms with Crippen molar-refractivity contribution in [2.75, 3.05) is 20.8 Å². The number of aliphatic imine (C=N–C) groups is 1. The lowest BCUT2D eigenvalue weighted by Crippen LogP contribution is -2.36. The normalized spacial score (nSPS) is 11.6. The van der Waals surface area contributed by atoms with Crippen LogP contribution in [-0.4, -0.2) is 42.7 Å². The lowest BCUT2D eigenvalue weighted by molar-refractivity contribution is -0.153. The molecule has 1 aromatic heterocycles. The first-order chi connectivity index (χ1) is 12.8. The lowest BCUT2D eigenvalue weighted by atomic mass is 10.2. The van der Waals surface area contributed by atoms with E-state index in [2.05, 4.69) is 20.7 Å². The van der Waals surface area contributed by atoms with Crippen LogP contribution in [0.5, 0.6) is 11.5 Å². The summed E-state index contributed by atoms with van der Waals surface area (Å²) in [7, 11) is 4.87. The third-order valence-corrected chi connectivity index (χ3v) is 3.66. The van der Waals surface area contributed by atoms with Gasteiger partial charge in [0.15, 0.2) is 24.1 Å². The molecule has 0 aliphatic heterocycles. The number of aryl methyl sites for hydroxylation is 1. The van der Waals surface area contributed by atoms with Gasteiger partial charge in [-0.2, -0.15) is 18.3 Å². The van der Waals surface area contributed by atoms with E-state index in [-0.39, 0.29) is 35.5 Å². The molecule has 0 fully saturated rings. The molecule has 11 heteroatoms. The van der Waals surface area contributed by atoms with Gasteiger partial charge in [0.25, 0.3) is 0 Å². The van der Waals surface area contributed by atoms with Crippen molar-refractivity contribution in [3.05, 3.63) is 41.7 Å². The number of rotatable bonds is 7. The van der Waals surface area contributed by atoms with E-state index < -0.39 is 12.8 Å². The van der Waals surface area contributed by atoms with Gasteiger partial charge < -0.3 is 20.1 Å². The van der Waals surface area contributed by atoms with Gasteiger partial charge in [-0.15, -0.1) is 24.0 Å². The molecule has 2 N–H and O–H groups in total. The number of alkyl halides is 3. The Hall–Kier alpha value is -2.18. The molecular weight excluding hydrogens is 490 g/mol. The van der Waals surface area contributed by atoms with Gasteiger partial charge in [0.05, 0.1) is 19.3 Å². The minimum Gasteiger partial charge on any atom is -0.493 e. The SMILES string of the molecule is CN=C(NCc1ccc(OCC(F)(F)F)c(OC)c1)NCc1ccnn1C.I. The predicted molar refractivity (Wildman–Crippen MR) is 110 cm³/mol. The molecule has 156 valence electrons. The van der Waals surface area contributed by atoms with Crippen molar-refractivity contribution in [3.8, 4) is 11.5 Å². The molecule has 0 amide bonds. The number of ether oxygens (including phenoxy) is 2. The highest BCUT2D eigenvalue weighted by Gasteiger charge is 2.29. The lowest BCUT2D eigenvalue weighted by Gasteiger charge is -2.15. The summed E-state index contributed by atoms with van der Waals surface area (Å²) in [6.07, 6.45) is -2.70. The number of aromatic nitrogens is 2. The van der Waals surface area contributed by atoms with Gasteiger partial charge in [-0.3, -0.25) is 9.67 Å². The van der Waals surface area contributed by atoms with E-state index in [0.717, 1.165) is 11.3 Å². The first kappa shape index (κ1) is 23.9. The molecule has 0 aliphatic carbocycles. The highest BCUT2D eigenvalue weighted by Crippen LogP contribution is 2.29. The Morgan fingerprint density at radius 2 is 1.89 bits per heavy atom. The Labute approximate surface area is 178 Å². The van der Waals surface area contributed by atoms with E-state index in [9.17, 15) is 13.2 Å². The van der Waals surface area contributed by atoms with Crippen LogP contribution in [0.3, 0.4) is 0 Å². The molecular formula is C17H23F3IN5O2. The van der Waals surface area contributed by atoms with E-state index in [1.54, 1.807) is 30.1 Å². The highest BCUT2D eigenvalue weighted by atomic mass is 127. The zero-order chi connectivity index (χ0) is 19.9. The monoisotopic (exact) mass is 513 g/mol.